The second-order valence-corrected chi connectivity index (χ2v) is 9.80. The van der Waals surface area contributed by atoms with Crippen LogP contribution in [0.5, 0.6) is 0 Å². The lowest BCUT2D eigenvalue weighted by Gasteiger charge is -2.26. The monoisotopic (exact) mass is 494 g/mol. The van der Waals surface area contributed by atoms with E-state index in [4.69, 9.17) is 28.3 Å². The van der Waals surface area contributed by atoms with E-state index in [1.54, 1.807) is 0 Å². The molecule has 34 heavy (non-hydrogen) atoms. The molecule has 2 aromatic carbocycles. The Morgan fingerprint density at radius 1 is 0.912 bits per heavy atom. The zero-order chi connectivity index (χ0) is 23.5. The van der Waals surface area contributed by atoms with E-state index in [1.807, 2.05) is 58.2 Å². The van der Waals surface area contributed by atoms with Crippen LogP contribution in [0.15, 0.2) is 48.5 Å². The van der Waals surface area contributed by atoms with Crippen LogP contribution in [0, 0.1) is 0 Å². The van der Waals surface area contributed by atoms with Crippen LogP contribution >= 0.6 is 23.2 Å². The number of hydrogen-bond acceptors (Lipinski definition) is 3. The minimum Gasteiger partial charge on any atom is -0.283 e. The van der Waals surface area contributed by atoms with Gasteiger partial charge in [0.1, 0.15) is 0 Å². The number of hydrazine groups is 1. The molecule has 7 heteroatoms. The van der Waals surface area contributed by atoms with Gasteiger partial charge >= 0.3 is 0 Å². The first-order chi connectivity index (χ1) is 16.6. The number of benzene rings is 2. The third-order valence-corrected chi connectivity index (χ3v) is 7.10. The number of hydrogen-bond donors (Lipinski definition) is 1. The van der Waals surface area contributed by atoms with Gasteiger partial charge in [-0.25, -0.2) is 9.69 Å². The normalized spacial score (nSPS) is 17.9. The number of allylic oxidation sites excluding steroid dienone is 1. The Morgan fingerprint density at radius 2 is 1.65 bits per heavy atom. The van der Waals surface area contributed by atoms with Crippen molar-refractivity contribution in [3.8, 4) is 5.69 Å². The Kier molecular flexibility index (Phi) is 7.05. The van der Waals surface area contributed by atoms with Crippen LogP contribution in [-0.4, -0.2) is 33.8 Å². The van der Waals surface area contributed by atoms with Gasteiger partial charge < -0.3 is 0 Å². The van der Waals surface area contributed by atoms with Crippen molar-refractivity contribution in [1.29, 1.82) is 0 Å². The lowest BCUT2D eigenvalue weighted by molar-refractivity contribution is 0.0743. The summed E-state index contributed by atoms with van der Waals surface area (Å²) in [6.07, 6.45) is 9.34. The molecule has 1 aliphatic carbocycles. The van der Waals surface area contributed by atoms with E-state index >= 15 is 0 Å². The highest BCUT2D eigenvalue weighted by Crippen LogP contribution is 2.36. The Morgan fingerprint density at radius 3 is 2.41 bits per heavy atom. The molecule has 0 radical (unpaired) electrons. The number of aromatic nitrogens is 2. The van der Waals surface area contributed by atoms with Crippen LogP contribution in [0.25, 0.3) is 17.3 Å². The molecule has 0 atom stereocenters. The van der Waals surface area contributed by atoms with Gasteiger partial charge in [0.2, 0.25) is 0 Å². The molecule has 176 valence electrons. The Labute approximate surface area is 210 Å². The highest BCUT2D eigenvalue weighted by Gasteiger charge is 2.29. The average molecular weight is 495 g/mol. The van der Waals surface area contributed by atoms with Crippen LogP contribution < -0.4 is 5.43 Å². The molecule has 3 aromatic rings. The van der Waals surface area contributed by atoms with Gasteiger partial charge in [-0.1, -0.05) is 53.9 Å². The number of nitrogens with zero attached hydrogens (tertiary/aromatic N) is 3. The predicted octanol–water partition coefficient (Wildman–Crippen LogP) is 6.58. The molecule has 0 unspecified atom stereocenters. The summed E-state index contributed by atoms with van der Waals surface area (Å²) in [5, 5.41) is 8.20. The first-order valence-corrected chi connectivity index (χ1v) is 12.7. The number of carbonyl (C=O) groups is 1. The minimum absolute atomic E-state index is 0.142. The zero-order valence-corrected chi connectivity index (χ0v) is 20.6. The van der Waals surface area contributed by atoms with E-state index in [1.165, 1.54) is 6.42 Å². The summed E-state index contributed by atoms with van der Waals surface area (Å²) >= 11 is 12.7. The van der Waals surface area contributed by atoms with Gasteiger partial charge in [0.25, 0.3) is 5.91 Å². The third-order valence-electron chi connectivity index (χ3n) is 6.53. The second kappa shape index (κ2) is 10.3. The standard InChI is InChI=1S/C27H28Cl2N4O/c28-21-14-12-19(13-15-21)18-20-8-2-3-9-22-25(27(34)31-32-16-6-1-7-17-32)30-33(26(20)22)24-11-5-4-10-23(24)29/h4-5,10-15,18H,1-3,6-9,16-17H2,(H,31,34). The maximum Gasteiger partial charge on any atom is 0.286 e. The SMILES string of the molecule is O=C(NN1CCCCC1)c1nn(-c2ccccc2Cl)c2c1CCCCC2=Cc1ccc(Cl)cc1. The molecule has 1 fully saturated rings. The van der Waals surface area contributed by atoms with E-state index in [0.717, 1.165) is 79.7 Å². The smallest absolute Gasteiger partial charge is 0.283 e. The van der Waals surface area contributed by atoms with Crippen molar-refractivity contribution in [2.45, 2.75) is 44.9 Å². The molecule has 2 aliphatic rings. The van der Waals surface area contributed by atoms with Gasteiger partial charge in [-0.3, -0.25) is 10.2 Å². The minimum atomic E-state index is -0.142. The van der Waals surface area contributed by atoms with E-state index < -0.39 is 0 Å². The quantitative estimate of drug-likeness (QED) is 0.416. The van der Waals surface area contributed by atoms with E-state index in [2.05, 4.69) is 11.5 Å². The summed E-state index contributed by atoms with van der Waals surface area (Å²) in [7, 11) is 0. The number of rotatable bonds is 4. The van der Waals surface area contributed by atoms with Crippen molar-refractivity contribution in [2.24, 2.45) is 0 Å². The van der Waals surface area contributed by atoms with Crippen LogP contribution in [0.3, 0.4) is 0 Å². The first-order valence-electron chi connectivity index (χ1n) is 12.0. The Balaban J connectivity index is 1.63. The van der Waals surface area contributed by atoms with Crippen LogP contribution in [0.2, 0.25) is 10.0 Å². The van der Waals surface area contributed by atoms with Crippen molar-refractivity contribution in [3.63, 3.8) is 0 Å². The predicted molar refractivity (Wildman–Crippen MR) is 138 cm³/mol. The molecule has 5 nitrogen and oxygen atoms in total. The highest BCUT2D eigenvalue weighted by atomic mass is 35.5. The number of halogens is 2. The first kappa shape index (κ1) is 23.2. The Hall–Kier alpha value is -2.60. The number of carbonyl (C=O) groups excluding carboxylic acids is 1. The molecular formula is C27H28Cl2N4O. The van der Waals surface area contributed by atoms with Gasteiger partial charge in [0.15, 0.2) is 5.69 Å². The number of piperidine rings is 1. The number of nitrogens with one attached hydrogen (secondary N) is 1. The van der Waals surface area contributed by atoms with Crippen molar-refractivity contribution in [3.05, 3.63) is 81.1 Å². The summed E-state index contributed by atoms with van der Waals surface area (Å²) in [6, 6.07) is 15.5. The fraction of sp³-hybridized carbons (Fsp3) is 0.333. The summed E-state index contributed by atoms with van der Waals surface area (Å²) in [4.78, 5) is 13.4. The second-order valence-electron chi connectivity index (χ2n) is 8.96. The van der Waals surface area contributed by atoms with E-state index in [-0.39, 0.29) is 5.91 Å². The van der Waals surface area contributed by atoms with Gasteiger partial charge in [0.05, 0.1) is 16.4 Å². The fourth-order valence-electron chi connectivity index (χ4n) is 4.84. The maximum atomic E-state index is 13.4. The van der Waals surface area contributed by atoms with Crippen LogP contribution in [0.4, 0.5) is 0 Å². The number of fused-ring (bicyclic) bond motifs is 1. The summed E-state index contributed by atoms with van der Waals surface area (Å²) in [5.41, 5.74) is 8.57. The molecule has 2 heterocycles. The Bertz CT molecular complexity index is 1210. The molecule has 1 amide bonds. The largest absolute Gasteiger partial charge is 0.286 e. The molecule has 5 rings (SSSR count). The molecule has 0 saturated carbocycles. The number of para-hydroxylation sites is 1. The van der Waals surface area contributed by atoms with Crippen molar-refractivity contribution in [1.82, 2.24) is 20.2 Å². The van der Waals surface area contributed by atoms with Gasteiger partial charge in [0, 0.05) is 23.7 Å². The van der Waals surface area contributed by atoms with Gasteiger partial charge in [-0.05, 0) is 80.0 Å². The molecule has 0 bridgehead atoms. The molecule has 1 saturated heterocycles. The molecule has 0 spiro atoms. The number of amides is 1. The van der Waals surface area contributed by atoms with Crippen molar-refractivity contribution in [2.75, 3.05) is 13.1 Å². The zero-order valence-electron chi connectivity index (χ0n) is 19.1. The lowest BCUT2D eigenvalue weighted by atomic mass is 10.0. The van der Waals surface area contributed by atoms with Gasteiger partial charge in [-0.15, -0.1) is 0 Å². The molecular weight excluding hydrogens is 467 g/mol. The van der Waals surface area contributed by atoms with E-state index in [0.29, 0.717) is 15.7 Å². The van der Waals surface area contributed by atoms with Crippen LogP contribution in [-0.2, 0) is 6.42 Å². The average Bonchev–Trinajstić information content (AvgIpc) is 3.10. The summed E-state index contributed by atoms with van der Waals surface area (Å²) in [5.74, 6) is -0.142. The third kappa shape index (κ3) is 4.92. The summed E-state index contributed by atoms with van der Waals surface area (Å²) in [6.45, 7) is 1.75. The van der Waals surface area contributed by atoms with Crippen molar-refractivity contribution >= 4 is 40.8 Å². The molecule has 1 aromatic heterocycles. The lowest BCUT2D eigenvalue weighted by Crippen LogP contribution is -2.45. The topological polar surface area (TPSA) is 50.2 Å². The molecule has 1 N–H and O–H groups in total. The van der Waals surface area contributed by atoms with E-state index in [9.17, 15) is 4.79 Å². The summed E-state index contributed by atoms with van der Waals surface area (Å²) < 4.78 is 1.87. The maximum absolute atomic E-state index is 13.4. The van der Waals surface area contributed by atoms with Crippen molar-refractivity contribution < 1.29 is 4.79 Å². The van der Waals surface area contributed by atoms with Gasteiger partial charge in [-0.2, -0.15) is 5.10 Å². The fourth-order valence-corrected chi connectivity index (χ4v) is 5.18. The molecule has 1 aliphatic heterocycles. The van der Waals surface area contributed by atoms with Crippen LogP contribution in [0.1, 0.15) is 65.8 Å². The highest BCUT2D eigenvalue weighted by molar-refractivity contribution is 6.32.